The third-order valence-electron chi connectivity index (χ3n) is 2.83. The summed E-state index contributed by atoms with van der Waals surface area (Å²) in [5, 5.41) is 1.77. The van der Waals surface area contributed by atoms with Gasteiger partial charge in [-0.1, -0.05) is 32.0 Å². The Morgan fingerprint density at radius 3 is 2.89 bits per heavy atom. The van der Waals surface area contributed by atoms with Crippen molar-refractivity contribution in [2.45, 2.75) is 25.1 Å². The van der Waals surface area contributed by atoms with Crippen molar-refractivity contribution >= 4 is 22.7 Å². The van der Waals surface area contributed by atoms with Crippen LogP contribution in [0.15, 0.2) is 36.5 Å². The molecule has 0 saturated heterocycles. The van der Waals surface area contributed by atoms with E-state index >= 15 is 0 Å². The highest BCUT2D eigenvalue weighted by Gasteiger charge is 2.11. The molecule has 0 aliphatic heterocycles. The fraction of sp³-hybridized carbons (Fsp3) is 0.357. The minimum atomic E-state index is 0.170. The van der Waals surface area contributed by atoms with Crippen molar-refractivity contribution in [1.29, 1.82) is 0 Å². The van der Waals surface area contributed by atoms with Crippen LogP contribution in [0.3, 0.4) is 0 Å². The van der Waals surface area contributed by atoms with Gasteiger partial charge in [-0.25, -0.2) is 0 Å². The Hall–Kier alpha value is -1.10. The largest absolute Gasteiger partial charge is 0.271 e. The zero-order valence-corrected chi connectivity index (χ0v) is 11.6. The van der Waals surface area contributed by atoms with Crippen LogP contribution in [0.25, 0.3) is 10.9 Å². The lowest BCUT2D eigenvalue weighted by Crippen LogP contribution is -2.30. The number of hydrogen-bond acceptors (Lipinski definition) is 4. The molecule has 0 spiro atoms. The van der Waals surface area contributed by atoms with E-state index in [1.807, 2.05) is 24.0 Å². The number of nitrogens with zero attached hydrogens (tertiary/aromatic N) is 1. The number of hydrogen-bond donors (Lipinski definition) is 2. The summed E-state index contributed by atoms with van der Waals surface area (Å²) >= 11 is 1.90. The summed E-state index contributed by atoms with van der Waals surface area (Å²) in [6.45, 7) is 4.39. The summed E-state index contributed by atoms with van der Waals surface area (Å²) in [5.41, 5.74) is 5.10. The highest BCUT2D eigenvalue weighted by Crippen LogP contribution is 2.23. The van der Waals surface area contributed by atoms with Crippen molar-refractivity contribution in [3.05, 3.63) is 42.1 Å². The summed E-state index contributed by atoms with van der Waals surface area (Å²) in [6, 6.07) is 10.5. The molecule has 3 N–H and O–H groups in total. The standard InChI is InChI=1S/C14H19N3S/c1-10(2)18-9-14(17-15)12-6-5-11-4-3-7-16-13(11)8-12/h3-8,10,14,17H,9,15H2,1-2H3. The van der Waals surface area contributed by atoms with E-state index in [-0.39, 0.29) is 6.04 Å². The highest BCUT2D eigenvalue weighted by molar-refractivity contribution is 7.99. The molecule has 0 amide bonds. The fourth-order valence-corrected chi connectivity index (χ4v) is 2.70. The lowest BCUT2D eigenvalue weighted by atomic mass is 10.1. The summed E-state index contributed by atoms with van der Waals surface area (Å²) in [7, 11) is 0. The molecular formula is C14H19N3S. The number of nitrogens with one attached hydrogen (secondary N) is 1. The van der Waals surface area contributed by atoms with Gasteiger partial charge in [0.05, 0.1) is 11.6 Å². The Labute approximate surface area is 112 Å². The Morgan fingerprint density at radius 1 is 1.33 bits per heavy atom. The summed E-state index contributed by atoms with van der Waals surface area (Å²) < 4.78 is 0. The smallest absolute Gasteiger partial charge is 0.0705 e. The van der Waals surface area contributed by atoms with E-state index in [2.05, 4.69) is 48.5 Å². The van der Waals surface area contributed by atoms with Crippen molar-refractivity contribution in [3.63, 3.8) is 0 Å². The van der Waals surface area contributed by atoms with Crippen LogP contribution in [0.5, 0.6) is 0 Å². The number of nitrogens with two attached hydrogens (primary N) is 1. The first-order chi connectivity index (χ1) is 8.70. The molecule has 0 radical (unpaired) electrons. The van der Waals surface area contributed by atoms with Crippen LogP contribution in [0.4, 0.5) is 0 Å². The van der Waals surface area contributed by atoms with E-state index in [0.29, 0.717) is 5.25 Å². The van der Waals surface area contributed by atoms with Crippen molar-refractivity contribution in [3.8, 4) is 0 Å². The Bertz CT molecular complexity index is 513. The first-order valence-corrected chi connectivity index (χ1v) is 7.18. The second-order valence-corrected chi connectivity index (χ2v) is 6.17. The first kappa shape index (κ1) is 13.3. The predicted molar refractivity (Wildman–Crippen MR) is 79.4 cm³/mol. The second-order valence-electron chi connectivity index (χ2n) is 4.56. The number of aromatic nitrogens is 1. The fourth-order valence-electron chi connectivity index (χ4n) is 1.83. The molecule has 1 unspecified atom stereocenters. The van der Waals surface area contributed by atoms with Gasteiger partial charge >= 0.3 is 0 Å². The highest BCUT2D eigenvalue weighted by atomic mass is 32.2. The van der Waals surface area contributed by atoms with Gasteiger partial charge in [-0.15, -0.1) is 0 Å². The molecule has 4 heteroatoms. The van der Waals surface area contributed by atoms with Gasteiger partial charge in [0.1, 0.15) is 0 Å². The van der Waals surface area contributed by atoms with Gasteiger partial charge in [0.15, 0.2) is 0 Å². The van der Waals surface area contributed by atoms with E-state index < -0.39 is 0 Å². The van der Waals surface area contributed by atoms with Crippen molar-refractivity contribution in [2.75, 3.05) is 5.75 Å². The Balaban J connectivity index is 2.22. The maximum absolute atomic E-state index is 5.65. The average Bonchev–Trinajstić information content (AvgIpc) is 2.39. The quantitative estimate of drug-likeness (QED) is 0.642. The normalized spacial score (nSPS) is 13.1. The number of thioether (sulfide) groups is 1. The number of rotatable bonds is 5. The molecule has 0 aliphatic rings. The number of benzene rings is 1. The molecule has 0 bridgehead atoms. The van der Waals surface area contributed by atoms with Crippen LogP contribution >= 0.6 is 11.8 Å². The van der Waals surface area contributed by atoms with Crippen LogP contribution in [-0.2, 0) is 0 Å². The minimum Gasteiger partial charge on any atom is -0.271 e. The molecule has 0 fully saturated rings. The molecule has 2 aromatic rings. The van der Waals surface area contributed by atoms with Gasteiger partial charge < -0.3 is 0 Å². The van der Waals surface area contributed by atoms with Crippen molar-refractivity contribution in [1.82, 2.24) is 10.4 Å². The molecule has 18 heavy (non-hydrogen) atoms. The SMILES string of the molecule is CC(C)SCC(NN)c1ccc2cccnc2c1. The zero-order valence-electron chi connectivity index (χ0n) is 10.8. The van der Waals surface area contributed by atoms with Gasteiger partial charge in [0, 0.05) is 17.3 Å². The van der Waals surface area contributed by atoms with Gasteiger partial charge in [-0.3, -0.25) is 16.3 Å². The lowest BCUT2D eigenvalue weighted by Gasteiger charge is -2.17. The van der Waals surface area contributed by atoms with E-state index in [9.17, 15) is 0 Å². The third-order valence-corrected chi connectivity index (χ3v) is 4.02. The van der Waals surface area contributed by atoms with E-state index in [0.717, 1.165) is 16.7 Å². The Morgan fingerprint density at radius 2 is 2.17 bits per heavy atom. The predicted octanol–water partition coefficient (Wildman–Crippen LogP) is 2.88. The molecule has 96 valence electrons. The maximum atomic E-state index is 5.65. The molecule has 1 aromatic carbocycles. The maximum Gasteiger partial charge on any atom is 0.0705 e. The van der Waals surface area contributed by atoms with Crippen LogP contribution < -0.4 is 11.3 Å². The molecule has 1 aromatic heterocycles. The van der Waals surface area contributed by atoms with E-state index in [4.69, 9.17) is 5.84 Å². The van der Waals surface area contributed by atoms with Crippen LogP contribution in [0.2, 0.25) is 0 Å². The van der Waals surface area contributed by atoms with E-state index in [1.165, 1.54) is 5.56 Å². The summed E-state index contributed by atoms with van der Waals surface area (Å²) in [5.74, 6) is 6.62. The van der Waals surface area contributed by atoms with Crippen LogP contribution in [0, 0.1) is 0 Å². The first-order valence-electron chi connectivity index (χ1n) is 6.13. The lowest BCUT2D eigenvalue weighted by molar-refractivity contribution is 0.610. The minimum absolute atomic E-state index is 0.170. The topological polar surface area (TPSA) is 50.9 Å². The van der Waals surface area contributed by atoms with Gasteiger partial charge in [-0.2, -0.15) is 11.8 Å². The van der Waals surface area contributed by atoms with Gasteiger partial charge in [-0.05, 0) is 22.9 Å². The van der Waals surface area contributed by atoms with Crippen LogP contribution in [0.1, 0.15) is 25.5 Å². The number of fused-ring (bicyclic) bond motifs is 1. The summed E-state index contributed by atoms with van der Waals surface area (Å²) in [4.78, 5) is 4.38. The average molecular weight is 261 g/mol. The van der Waals surface area contributed by atoms with E-state index in [1.54, 1.807) is 0 Å². The number of pyridine rings is 1. The zero-order chi connectivity index (χ0) is 13.0. The monoisotopic (exact) mass is 261 g/mol. The van der Waals surface area contributed by atoms with Gasteiger partial charge in [0.2, 0.25) is 0 Å². The summed E-state index contributed by atoms with van der Waals surface area (Å²) in [6.07, 6.45) is 1.82. The molecule has 3 nitrogen and oxygen atoms in total. The van der Waals surface area contributed by atoms with Crippen molar-refractivity contribution < 1.29 is 0 Å². The van der Waals surface area contributed by atoms with Gasteiger partial charge in [0.25, 0.3) is 0 Å². The molecule has 0 saturated carbocycles. The molecule has 0 aliphatic carbocycles. The Kier molecular flexibility index (Phi) is 4.58. The van der Waals surface area contributed by atoms with Crippen LogP contribution in [-0.4, -0.2) is 16.0 Å². The number of hydrazine groups is 1. The second kappa shape index (κ2) is 6.18. The molecular weight excluding hydrogens is 242 g/mol. The molecule has 2 rings (SSSR count). The third kappa shape index (κ3) is 3.22. The molecule has 1 heterocycles. The molecule has 1 atom stereocenters. The van der Waals surface area contributed by atoms with Crippen molar-refractivity contribution in [2.24, 2.45) is 5.84 Å².